The molecule has 1 atom stereocenters. The Morgan fingerprint density at radius 3 is 2.74 bits per heavy atom. The molecule has 0 saturated carbocycles. The molecule has 0 heterocycles. The topological polar surface area (TPSA) is 58.6 Å². The van der Waals surface area contributed by atoms with Crippen LogP contribution in [-0.4, -0.2) is 30.3 Å². The molecule has 4 heteroatoms. The first kappa shape index (κ1) is 15.5. The van der Waals surface area contributed by atoms with Gasteiger partial charge in [-0.25, -0.2) is 0 Å². The standard InChI is InChI=1S/C15H23NO3/c1-4-13(9-17)16-15(18)10-19-14-7-5-6-12(8-14)11(2)3/h5-8,11,13,17H,4,9-10H2,1-3H3,(H,16,18). The first-order valence-electron chi connectivity index (χ1n) is 6.69. The van der Waals surface area contributed by atoms with Crippen molar-refractivity contribution >= 4 is 5.91 Å². The summed E-state index contributed by atoms with van der Waals surface area (Å²) >= 11 is 0. The predicted molar refractivity (Wildman–Crippen MR) is 75.3 cm³/mol. The minimum Gasteiger partial charge on any atom is -0.484 e. The van der Waals surface area contributed by atoms with Gasteiger partial charge in [-0.05, 0) is 30.0 Å². The third kappa shape index (κ3) is 5.30. The molecule has 1 unspecified atom stereocenters. The monoisotopic (exact) mass is 265 g/mol. The van der Waals surface area contributed by atoms with E-state index in [4.69, 9.17) is 9.84 Å². The zero-order valence-electron chi connectivity index (χ0n) is 11.8. The Kier molecular flexibility index (Phi) is 6.36. The van der Waals surface area contributed by atoms with Gasteiger partial charge in [0.2, 0.25) is 0 Å². The van der Waals surface area contributed by atoms with Gasteiger partial charge in [-0.1, -0.05) is 32.9 Å². The minimum absolute atomic E-state index is 0.0297. The Bertz CT molecular complexity index is 400. The van der Waals surface area contributed by atoms with Crippen LogP contribution in [-0.2, 0) is 4.79 Å². The number of ether oxygens (including phenoxy) is 1. The molecule has 0 aliphatic rings. The molecule has 0 aliphatic carbocycles. The van der Waals surface area contributed by atoms with E-state index >= 15 is 0 Å². The summed E-state index contributed by atoms with van der Waals surface area (Å²) in [7, 11) is 0. The highest BCUT2D eigenvalue weighted by Crippen LogP contribution is 2.19. The number of amides is 1. The van der Waals surface area contributed by atoms with Gasteiger partial charge in [0.25, 0.3) is 5.91 Å². The highest BCUT2D eigenvalue weighted by atomic mass is 16.5. The molecule has 106 valence electrons. The molecule has 0 radical (unpaired) electrons. The van der Waals surface area contributed by atoms with Crippen LogP contribution in [0.3, 0.4) is 0 Å². The molecule has 0 aromatic heterocycles. The highest BCUT2D eigenvalue weighted by molar-refractivity contribution is 5.77. The summed E-state index contributed by atoms with van der Waals surface area (Å²) in [5.74, 6) is 0.908. The van der Waals surface area contributed by atoms with E-state index in [1.165, 1.54) is 5.56 Å². The fourth-order valence-corrected chi connectivity index (χ4v) is 1.66. The van der Waals surface area contributed by atoms with Crippen LogP contribution in [0.5, 0.6) is 5.75 Å². The van der Waals surface area contributed by atoms with Gasteiger partial charge < -0.3 is 15.2 Å². The Morgan fingerprint density at radius 1 is 1.42 bits per heavy atom. The summed E-state index contributed by atoms with van der Waals surface area (Å²) < 4.78 is 5.45. The average Bonchev–Trinajstić information content (AvgIpc) is 2.42. The predicted octanol–water partition coefficient (Wildman–Crippen LogP) is 2.08. The van der Waals surface area contributed by atoms with Gasteiger partial charge in [0, 0.05) is 0 Å². The molecule has 1 amide bonds. The summed E-state index contributed by atoms with van der Waals surface area (Å²) in [5.41, 5.74) is 1.18. The van der Waals surface area contributed by atoms with E-state index < -0.39 is 0 Å². The summed E-state index contributed by atoms with van der Waals surface area (Å²) in [6, 6.07) is 7.55. The van der Waals surface area contributed by atoms with E-state index in [0.29, 0.717) is 18.1 Å². The molecular formula is C15H23NO3. The van der Waals surface area contributed by atoms with Crippen LogP contribution in [0.4, 0.5) is 0 Å². The van der Waals surface area contributed by atoms with Crippen LogP contribution < -0.4 is 10.1 Å². The molecule has 19 heavy (non-hydrogen) atoms. The Morgan fingerprint density at radius 2 is 2.16 bits per heavy atom. The first-order valence-corrected chi connectivity index (χ1v) is 6.69. The van der Waals surface area contributed by atoms with Crippen molar-refractivity contribution < 1.29 is 14.6 Å². The third-order valence-electron chi connectivity index (χ3n) is 2.97. The van der Waals surface area contributed by atoms with E-state index in [1.54, 1.807) is 0 Å². The second-order valence-corrected chi connectivity index (χ2v) is 4.87. The molecule has 2 N–H and O–H groups in total. The first-order chi connectivity index (χ1) is 9.06. The van der Waals surface area contributed by atoms with Gasteiger partial charge in [-0.15, -0.1) is 0 Å². The van der Waals surface area contributed by atoms with Gasteiger partial charge in [-0.3, -0.25) is 4.79 Å². The van der Waals surface area contributed by atoms with Crippen LogP contribution in [0.1, 0.15) is 38.7 Å². The lowest BCUT2D eigenvalue weighted by Gasteiger charge is -2.14. The lowest BCUT2D eigenvalue weighted by atomic mass is 10.0. The number of carbonyl (C=O) groups excluding carboxylic acids is 1. The maximum absolute atomic E-state index is 11.6. The van der Waals surface area contributed by atoms with E-state index in [9.17, 15) is 4.79 Å². The Balaban J connectivity index is 2.48. The number of aliphatic hydroxyl groups excluding tert-OH is 1. The summed E-state index contributed by atoms with van der Waals surface area (Å²) in [6.07, 6.45) is 0.699. The molecule has 0 saturated heterocycles. The summed E-state index contributed by atoms with van der Waals surface area (Å²) in [4.78, 5) is 11.6. The third-order valence-corrected chi connectivity index (χ3v) is 2.97. The Hall–Kier alpha value is -1.55. The molecule has 0 bridgehead atoms. The lowest BCUT2D eigenvalue weighted by molar-refractivity contribution is -0.124. The molecule has 0 aliphatic heterocycles. The summed E-state index contributed by atoms with van der Waals surface area (Å²) in [6.45, 7) is 6.05. The molecule has 1 aromatic carbocycles. The van der Waals surface area contributed by atoms with Crippen molar-refractivity contribution in [1.29, 1.82) is 0 Å². The Labute approximate surface area is 114 Å². The number of aliphatic hydroxyl groups is 1. The van der Waals surface area contributed by atoms with Gasteiger partial charge in [0.05, 0.1) is 12.6 Å². The van der Waals surface area contributed by atoms with E-state index in [1.807, 2.05) is 31.2 Å². The highest BCUT2D eigenvalue weighted by Gasteiger charge is 2.10. The van der Waals surface area contributed by atoms with Crippen LogP contribution in [0, 0.1) is 0 Å². The molecule has 0 spiro atoms. The largest absolute Gasteiger partial charge is 0.484 e. The van der Waals surface area contributed by atoms with Crippen LogP contribution in [0.2, 0.25) is 0 Å². The maximum atomic E-state index is 11.6. The van der Waals surface area contributed by atoms with Crippen molar-refractivity contribution in [3.8, 4) is 5.75 Å². The van der Waals surface area contributed by atoms with Crippen molar-refractivity contribution in [1.82, 2.24) is 5.32 Å². The van der Waals surface area contributed by atoms with Gasteiger partial charge in [-0.2, -0.15) is 0 Å². The fraction of sp³-hybridized carbons (Fsp3) is 0.533. The quantitative estimate of drug-likeness (QED) is 0.793. The summed E-state index contributed by atoms with van der Waals surface area (Å²) in [5, 5.41) is 11.7. The SMILES string of the molecule is CCC(CO)NC(=O)COc1cccc(C(C)C)c1. The van der Waals surface area contributed by atoms with E-state index in [2.05, 4.69) is 19.2 Å². The molecule has 1 rings (SSSR count). The smallest absolute Gasteiger partial charge is 0.258 e. The van der Waals surface area contributed by atoms with Crippen molar-refractivity contribution in [2.24, 2.45) is 0 Å². The fourth-order valence-electron chi connectivity index (χ4n) is 1.66. The zero-order chi connectivity index (χ0) is 14.3. The van der Waals surface area contributed by atoms with E-state index in [0.717, 1.165) is 0 Å². The van der Waals surface area contributed by atoms with E-state index in [-0.39, 0.29) is 25.2 Å². The maximum Gasteiger partial charge on any atom is 0.258 e. The molecule has 1 aromatic rings. The van der Waals surface area contributed by atoms with Crippen LogP contribution in [0.25, 0.3) is 0 Å². The molecule has 4 nitrogen and oxygen atoms in total. The zero-order valence-corrected chi connectivity index (χ0v) is 11.8. The second kappa shape index (κ2) is 7.79. The number of nitrogens with one attached hydrogen (secondary N) is 1. The minimum atomic E-state index is -0.212. The number of rotatable bonds is 7. The number of hydrogen-bond acceptors (Lipinski definition) is 3. The number of carbonyl (C=O) groups is 1. The number of hydrogen-bond donors (Lipinski definition) is 2. The normalized spacial score (nSPS) is 12.3. The van der Waals surface area contributed by atoms with Gasteiger partial charge in [0.1, 0.15) is 5.75 Å². The second-order valence-electron chi connectivity index (χ2n) is 4.87. The van der Waals surface area contributed by atoms with Crippen molar-refractivity contribution in [2.75, 3.05) is 13.2 Å². The lowest BCUT2D eigenvalue weighted by Crippen LogP contribution is -2.39. The van der Waals surface area contributed by atoms with Crippen LogP contribution >= 0.6 is 0 Å². The average molecular weight is 265 g/mol. The molecule has 0 fully saturated rings. The van der Waals surface area contributed by atoms with Gasteiger partial charge >= 0.3 is 0 Å². The van der Waals surface area contributed by atoms with Gasteiger partial charge in [0.15, 0.2) is 6.61 Å². The van der Waals surface area contributed by atoms with Crippen LogP contribution in [0.15, 0.2) is 24.3 Å². The number of benzene rings is 1. The van der Waals surface area contributed by atoms with Crippen molar-refractivity contribution in [3.63, 3.8) is 0 Å². The van der Waals surface area contributed by atoms with Crippen molar-refractivity contribution in [2.45, 2.75) is 39.2 Å². The molecular weight excluding hydrogens is 242 g/mol. The van der Waals surface area contributed by atoms with Crippen molar-refractivity contribution in [3.05, 3.63) is 29.8 Å².